The fourth-order valence-electron chi connectivity index (χ4n) is 2.87. The lowest BCUT2D eigenvalue weighted by Gasteiger charge is -2.25. The van der Waals surface area contributed by atoms with Crippen LogP contribution in [0.4, 0.5) is 5.69 Å². The molecule has 122 valence electrons. The lowest BCUT2D eigenvalue weighted by molar-refractivity contribution is -0.132. The van der Waals surface area contributed by atoms with Gasteiger partial charge in [0.1, 0.15) is 0 Å². The second kappa shape index (κ2) is 8.15. The van der Waals surface area contributed by atoms with E-state index in [-0.39, 0.29) is 12.0 Å². The Hall–Kier alpha value is -1.59. The van der Waals surface area contributed by atoms with E-state index in [9.17, 15) is 4.79 Å². The highest BCUT2D eigenvalue weighted by molar-refractivity contribution is 5.76. The van der Waals surface area contributed by atoms with Crippen LogP contribution in [0.5, 0.6) is 0 Å². The van der Waals surface area contributed by atoms with E-state index in [0.717, 1.165) is 13.1 Å². The molecule has 0 radical (unpaired) electrons. The van der Waals surface area contributed by atoms with Crippen LogP contribution in [0.15, 0.2) is 24.3 Å². The number of nitrogens with zero attached hydrogens (tertiary/aromatic N) is 2. The van der Waals surface area contributed by atoms with E-state index < -0.39 is 0 Å². The quantitative estimate of drug-likeness (QED) is 0.831. The van der Waals surface area contributed by atoms with Crippen molar-refractivity contribution in [3.05, 3.63) is 29.8 Å². The number of amides is 1. The van der Waals surface area contributed by atoms with E-state index in [1.54, 1.807) is 12.0 Å². The van der Waals surface area contributed by atoms with Crippen molar-refractivity contribution >= 4 is 11.6 Å². The number of carbonyl (C=O) groups is 1. The first-order valence-electron chi connectivity index (χ1n) is 7.95. The summed E-state index contributed by atoms with van der Waals surface area (Å²) in [6, 6.07) is 8.35. The maximum atomic E-state index is 12.3. The third-order valence-corrected chi connectivity index (χ3v) is 4.27. The van der Waals surface area contributed by atoms with Crippen LogP contribution in [0.1, 0.15) is 24.8 Å². The Morgan fingerprint density at radius 1 is 1.36 bits per heavy atom. The Labute approximate surface area is 133 Å². The number of ether oxygens (including phenoxy) is 1. The Balaban J connectivity index is 2.02. The van der Waals surface area contributed by atoms with Crippen LogP contribution in [0.2, 0.25) is 0 Å². The zero-order chi connectivity index (χ0) is 15.9. The third kappa shape index (κ3) is 4.21. The molecule has 1 aromatic carbocycles. The first-order valence-corrected chi connectivity index (χ1v) is 7.95. The summed E-state index contributed by atoms with van der Waals surface area (Å²) in [5, 5.41) is 0. The van der Waals surface area contributed by atoms with Crippen LogP contribution >= 0.6 is 0 Å². The minimum atomic E-state index is -0.205. The number of carbonyl (C=O) groups excluding carboxylic acids is 1. The zero-order valence-electron chi connectivity index (χ0n) is 13.6. The van der Waals surface area contributed by atoms with Crippen LogP contribution < -0.4 is 10.6 Å². The number of rotatable bonds is 7. The summed E-state index contributed by atoms with van der Waals surface area (Å²) in [6.45, 7) is 3.19. The predicted octanol–water partition coefficient (Wildman–Crippen LogP) is 1.61. The second-order valence-corrected chi connectivity index (χ2v) is 5.87. The van der Waals surface area contributed by atoms with Gasteiger partial charge in [0.15, 0.2) is 0 Å². The van der Waals surface area contributed by atoms with Gasteiger partial charge in [-0.15, -0.1) is 0 Å². The van der Waals surface area contributed by atoms with E-state index in [4.69, 9.17) is 10.5 Å². The SMILES string of the molecule is COC(CN)CC(=O)N(C)Cc1ccccc1N1CCCC1. The van der Waals surface area contributed by atoms with Gasteiger partial charge in [0.05, 0.1) is 12.5 Å². The van der Waals surface area contributed by atoms with Crippen LogP contribution in [0, 0.1) is 0 Å². The number of nitrogens with two attached hydrogens (primary N) is 1. The topological polar surface area (TPSA) is 58.8 Å². The van der Waals surface area contributed by atoms with Gasteiger partial charge in [-0.1, -0.05) is 18.2 Å². The fraction of sp³-hybridized carbons (Fsp3) is 0.588. The van der Waals surface area contributed by atoms with Crippen molar-refractivity contribution in [3.8, 4) is 0 Å². The molecule has 0 spiro atoms. The van der Waals surface area contributed by atoms with E-state index in [2.05, 4.69) is 23.1 Å². The minimum absolute atomic E-state index is 0.0634. The number of anilines is 1. The summed E-state index contributed by atoms with van der Waals surface area (Å²) in [6.07, 6.45) is 2.61. The van der Waals surface area contributed by atoms with E-state index in [1.807, 2.05) is 13.1 Å². The number of methoxy groups -OCH3 is 1. The molecule has 1 atom stereocenters. The van der Waals surface area contributed by atoms with Gasteiger partial charge in [0, 0.05) is 46.0 Å². The van der Waals surface area contributed by atoms with Gasteiger partial charge in [-0.2, -0.15) is 0 Å². The monoisotopic (exact) mass is 305 g/mol. The smallest absolute Gasteiger partial charge is 0.225 e. The molecule has 1 heterocycles. The first-order chi connectivity index (χ1) is 10.7. The molecular formula is C17H27N3O2. The molecule has 22 heavy (non-hydrogen) atoms. The summed E-state index contributed by atoms with van der Waals surface area (Å²) < 4.78 is 5.19. The highest BCUT2D eigenvalue weighted by Gasteiger charge is 2.19. The maximum absolute atomic E-state index is 12.3. The third-order valence-electron chi connectivity index (χ3n) is 4.27. The average molecular weight is 305 g/mol. The molecule has 1 fully saturated rings. The Kier molecular flexibility index (Phi) is 6.21. The Bertz CT molecular complexity index is 483. The summed E-state index contributed by atoms with van der Waals surface area (Å²) in [7, 11) is 3.43. The molecule has 1 amide bonds. The molecule has 0 aromatic heterocycles. The first kappa shape index (κ1) is 16.8. The number of hydrogen-bond donors (Lipinski definition) is 1. The maximum Gasteiger partial charge on any atom is 0.225 e. The van der Waals surface area contributed by atoms with Gasteiger partial charge in [0.2, 0.25) is 5.91 Å². The molecular weight excluding hydrogens is 278 g/mol. The summed E-state index contributed by atoms with van der Waals surface area (Å²) >= 11 is 0. The molecule has 1 saturated heterocycles. The second-order valence-electron chi connectivity index (χ2n) is 5.87. The Morgan fingerprint density at radius 3 is 2.68 bits per heavy atom. The highest BCUT2D eigenvalue weighted by Crippen LogP contribution is 2.25. The van der Waals surface area contributed by atoms with E-state index in [0.29, 0.717) is 19.5 Å². The summed E-state index contributed by atoms with van der Waals surface area (Å²) in [5.74, 6) is 0.0634. The van der Waals surface area contributed by atoms with Gasteiger partial charge >= 0.3 is 0 Å². The number of hydrogen-bond acceptors (Lipinski definition) is 4. The van der Waals surface area contributed by atoms with Crippen molar-refractivity contribution in [1.29, 1.82) is 0 Å². The van der Waals surface area contributed by atoms with Gasteiger partial charge in [0.25, 0.3) is 0 Å². The van der Waals surface area contributed by atoms with Gasteiger partial charge in [-0.3, -0.25) is 4.79 Å². The summed E-state index contributed by atoms with van der Waals surface area (Å²) in [4.78, 5) is 16.5. The minimum Gasteiger partial charge on any atom is -0.380 e. The van der Waals surface area contributed by atoms with Gasteiger partial charge in [-0.25, -0.2) is 0 Å². The normalized spacial score (nSPS) is 15.9. The molecule has 1 aromatic rings. The predicted molar refractivity (Wildman–Crippen MR) is 88.8 cm³/mol. The van der Waals surface area contributed by atoms with Crippen molar-refractivity contribution in [1.82, 2.24) is 4.90 Å². The molecule has 2 N–H and O–H groups in total. The van der Waals surface area contributed by atoms with Crippen molar-refractivity contribution in [2.45, 2.75) is 31.9 Å². The Morgan fingerprint density at radius 2 is 2.05 bits per heavy atom. The van der Waals surface area contributed by atoms with Gasteiger partial charge < -0.3 is 20.3 Å². The van der Waals surface area contributed by atoms with Crippen LogP contribution in [-0.4, -0.2) is 50.7 Å². The molecule has 1 aliphatic rings. The fourth-order valence-corrected chi connectivity index (χ4v) is 2.87. The van der Waals surface area contributed by atoms with Crippen molar-refractivity contribution in [2.75, 3.05) is 38.7 Å². The molecule has 5 heteroatoms. The standard InChI is InChI=1S/C17H27N3O2/c1-19(17(21)11-15(12-18)22-2)13-14-7-3-4-8-16(14)20-9-5-6-10-20/h3-4,7-8,15H,5-6,9-13,18H2,1-2H3. The van der Waals surface area contributed by atoms with Crippen LogP contribution in [0.25, 0.3) is 0 Å². The average Bonchev–Trinajstić information content (AvgIpc) is 3.07. The number of benzene rings is 1. The molecule has 1 aliphatic heterocycles. The molecule has 1 unspecified atom stereocenters. The van der Waals surface area contributed by atoms with Gasteiger partial charge in [-0.05, 0) is 24.5 Å². The molecule has 2 rings (SSSR count). The lowest BCUT2D eigenvalue weighted by Crippen LogP contribution is -2.33. The zero-order valence-corrected chi connectivity index (χ0v) is 13.6. The van der Waals surface area contributed by atoms with E-state index in [1.165, 1.54) is 24.1 Å². The molecule has 0 saturated carbocycles. The van der Waals surface area contributed by atoms with Crippen LogP contribution in [0.3, 0.4) is 0 Å². The number of para-hydroxylation sites is 1. The molecule has 0 bridgehead atoms. The van der Waals surface area contributed by atoms with E-state index >= 15 is 0 Å². The lowest BCUT2D eigenvalue weighted by atomic mass is 10.1. The molecule has 0 aliphatic carbocycles. The largest absolute Gasteiger partial charge is 0.380 e. The summed E-state index contributed by atoms with van der Waals surface area (Å²) in [5.41, 5.74) is 8.04. The van der Waals surface area contributed by atoms with Crippen molar-refractivity contribution in [2.24, 2.45) is 5.73 Å². The van der Waals surface area contributed by atoms with Crippen LogP contribution in [-0.2, 0) is 16.1 Å². The molecule has 5 nitrogen and oxygen atoms in total. The highest BCUT2D eigenvalue weighted by atomic mass is 16.5. The van der Waals surface area contributed by atoms with Crippen molar-refractivity contribution < 1.29 is 9.53 Å². The van der Waals surface area contributed by atoms with Crippen molar-refractivity contribution in [3.63, 3.8) is 0 Å².